The molecule has 68 valence electrons. The standard InChI is InChI=1S/C12H14S/c1-3-7-11(2)10-13-12-8-5-4-6-9-12/h4-6,8-9,11H,10H2,1-2H3/t11-/m1/s1. The van der Waals surface area contributed by atoms with Gasteiger partial charge in [0.2, 0.25) is 0 Å². The van der Waals surface area contributed by atoms with Gasteiger partial charge in [0.25, 0.3) is 0 Å². The van der Waals surface area contributed by atoms with E-state index in [0.29, 0.717) is 5.92 Å². The van der Waals surface area contributed by atoms with Gasteiger partial charge in [-0.1, -0.05) is 31.0 Å². The van der Waals surface area contributed by atoms with Crippen LogP contribution in [0.15, 0.2) is 35.2 Å². The predicted molar refractivity (Wildman–Crippen MR) is 59.8 cm³/mol. The van der Waals surface area contributed by atoms with E-state index in [1.54, 1.807) is 0 Å². The van der Waals surface area contributed by atoms with E-state index in [1.165, 1.54) is 4.90 Å². The average Bonchev–Trinajstić information content (AvgIpc) is 2.17. The van der Waals surface area contributed by atoms with Crippen LogP contribution in [0, 0.1) is 17.8 Å². The molecule has 0 fully saturated rings. The van der Waals surface area contributed by atoms with Crippen molar-refractivity contribution in [2.45, 2.75) is 18.7 Å². The molecule has 0 heterocycles. The Labute approximate surface area is 84.7 Å². The van der Waals surface area contributed by atoms with Crippen LogP contribution in [0.25, 0.3) is 0 Å². The molecule has 1 aromatic rings. The van der Waals surface area contributed by atoms with Gasteiger partial charge in [0.1, 0.15) is 0 Å². The second kappa shape index (κ2) is 5.72. The lowest BCUT2D eigenvalue weighted by atomic mass is 10.2. The molecule has 0 spiro atoms. The van der Waals surface area contributed by atoms with Gasteiger partial charge in [-0.15, -0.1) is 17.7 Å². The van der Waals surface area contributed by atoms with Crippen LogP contribution >= 0.6 is 11.8 Å². The van der Waals surface area contributed by atoms with Gasteiger partial charge in [-0.25, -0.2) is 0 Å². The van der Waals surface area contributed by atoms with Gasteiger partial charge < -0.3 is 0 Å². The summed E-state index contributed by atoms with van der Waals surface area (Å²) in [4.78, 5) is 1.33. The molecule has 1 aromatic carbocycles. The maximum atomic E-state index is 3.14. The summed E-state index contributed by atoms with van der Waals surface area (Å²) in [5.41, 5.74) is 0. The van der Waals surface area contributed by atoms with Crippen molar-refractivity contribution in [3.8, 4) is 11.8 Å². The van der Waals surface area contributed by atoms with E-state index in [4.69, 9.17) is 0 Å². The van der Waals surface area contributed by atoms with Crippen molar-refractivity contribution < 1.29 is 0 Å². The van der Waals surface area contributed by atoms with Gasteiger partial charge in [-0.3, -0.25) is 0 Å². The molecule has 0 saturated heterocycles. The molecule has 1 rings (SSSR count). The van der Waals surface area contributed by atoms with Crippen LogP contribution in [0.2, 0.25) is 0 Å². The second-order valence-electron chi connectivity index (χ2n) is 2.92. The van der Waals surface area contributed by atoms with Crippen LogP contribution < -0.4 is 0 Å². The Balaban J connectivity index is 2.38. The van der Waals surface area contributed by atoms with E-state index in [0.717, 1.165) is 5.75 Å². The van der Waals surface area contributed by atoms with E-state index >= 15 is 0 Å². The van der Waals surface area contributed by atoms with Crippen LogP contribution in [0.3, 0.4) is 0 Å². The molecule has 1 atom stereocenters. The van der Waals surface area contributed by atoms with E-state index in [1.807, 2.05) is 24.8 Å². The summed E-state index contributed by atoms with van der Waals surface area (Å²) >= 11 is 1.87. The van der Waals surface area contributed by atoms with Gasteiger partial charge in [0.15, 0.2) is 0 Å². The smallest absolute Gasteiger partial charge is 0.0268 e. The predicted octanol–water partition coefficient (Wildman–Crippen LogP) is 3.44. The van der Waals surface area contributed by atoms with Crippen LogP contribution in [-0.4, -0.2) is 5.75 Å². The third-order valence-corrected chi connectivity index (χ3v) is 2.91. The van der Waals surface area contributed by atoms with E-state index in [-0.39, 0.29) is 0 Å². The highest BCUT2D eigenvalue weighted by Crippen LogP contribution is 2.19. The topological polar surface area (TPSA) is 0 Å². The molecule has 0 aromatic heterocycles. The molecule has 0 N–H and O–H groups in total. The minimum Gasteiger partial charge on any atom is -0.125 e. The average molecular weight is 190 g/mol. The Morgan fingerprint density at radius 1 is 1.31 bits per heavy atom. The molecule has 0 amide bonds. The quantitative estimate of drug-likeness (QED) is 0.519. The maximum absolute atomic E-state index is 3.14. The number of hydrogen-bond acceptors (Lipinski definition) is 1. The van der Waals surface area contributed by atoms with Crippen LogP contribution in [-0.2, 0) is 0 Å². The summed E-state index contributed by atoms with van der Waals surface area (Å²) in [7, 11) is 0. The molecule has 0 aliphatic carbocycles. The zero-order valence-electron chi connectivity index (χ0n) is 8.08. The molecule has 13 heavy (non-hydrogen) atoms. The van der Waals surface area contributed by atoms with Gasteiger partial charge in [0.05, 0.1) is 0 Å². The molecule has 0 aliphatic heterocycles. The molecule has 0 unspecified atom stereocenters. The summed E-state index contributed by atoms with van der Waals surface area (Å²) < 4.78 is 0. The number of hydrogen-bond donors (Lipinski definition) is 0. The first-order valence-electron chi connectivity index (χ1n) is 4.43. The fraction of sp³-hybridized carbons (Fsp3) is 0.333. The Bertz CT molecular complexity index is 292. The minimum atomic E-state index is 0.482. The van der Waals surface area contributed by atoms with E-state index in [2.05, 4.69) is 43.0 Å². The summed E-state index contributed by atoms with van der Waals surface area (Å²) in [6.45, 7) is 4.05. The Hall–Kier alpha value is -0.870. The zero-order chi connectivity index (χ0) is 9.52. The first kappa shape index (κ1) is 10.2. The lowest BCUT2D eigenvalue weighted by Crippen LogP contribution is -1.93. The van der Waals surface area contributed by atoms with Crippen molar-refractivity contribution in [2.75, 3.05) is 5.75 Å². The largest absolute Gasteiger partial charge is 0.125 e. The Morgan fingerprint density at radius 3 is 2.62 bits per heavy atom. The monoisotopic (exact) mass is 190 g/mol. The number of thioether (sulfide) groups is 1. The highest BCUT2D eigenvalue weighted by molar-refractivity contribution is 7.99. The van der Waals surface area contributed by atoms with Gasteiger partial charge >= 0.3 is 0 Å². The SMILES string of the molecule is CC#C[C@@H](C)CSc1ccccc1. The number of rotatable bonds is 3. The molecule has 0 nitrogen and oxygen atoms in total. The van der Waals surface area contributed by atoms with Crippen LogP contribution in [0.1, 0.15) is 13.8 Å². The lowest BCUT2D eigenvalue weighted by molar-refractivity contribution is 0.881. The normalized spacial score (nSPS) is 11.5. The number of benzene rings is 1. The van der Waals surface area contributed by atoms with Crippen molar-refractivity contribution in [3.05, 3.63) is 30.3 Å². The fourth-order valence-electron chi connectivity index (χ4n) is 1.03. The van der Waals surface area contributed by atoms with Crippen LogP contribution in [0.5, 0.6) is 0 Å². The third-order valence-electron chi connectivity index (χ3n) is 1.63. The maximum Gasteiger partial charge on any atom is 0.0268 e. The molecule has 0 aliphatic rings. The first-order valence-corrected chi connectivity index (χ1v) is 5.41. The van der Waals surface area contributed by atoms with E-state index < -0.39 is 0 Å². The Kier molecular flexibility index (Phi) is 4.49. The lowest BCUT2D eigenvalue weighted by Gasteiger charge is -2.03. The molecular weight excluding hydrogens is 176 g/mol. The molecule has 1 heteroatoms. The minimum absolute atomic E-state index is 0.482. The van der Waals surface area contributed by atoms with Crippen LogP contribution in [0.4, 0.5) is 0 Å². The molecular formula is C12H14S. The molecule has 0 bridgehead atoms. The molecule has 0 saturated carbocycles. The van der Waals surface area contributed by atoms with Crippen molar-refractivity contribution in [2.24, 2.45) is 5.92 Å². The van der Waals surface area contributed by atoms with Crippen molar-refractivity contribution in [1.29, 1.82) is 0 Å². The van der Waals surface area contributed by atoms with Crippen molar-refractivity contribution in [3.63, 3.8) is 0 Å². The van der Waals surface area contributed by atoms with Crippen molar-refractivity contribution in [1.82, 2.24) is 0 Å². The van der Waals surface area contributed by atoms with Gasteiger partial charge in [0, 0.05) is 16.6 Å². The zero-order valence-corrected chi connectivity index (χ0v) is 8.90. The highest BCUT2D eigenvalue weighted by Gasteiger charge is 1.97. The van der Waals surface area contributed by atoms with Gasteiger partial charge in [-0.2, -0.15) is 0 Å². The summed E-state index contributed by atoms with van der Waals surface area (Å²) in [6.07, 6.45) is 0. The molecule has 0 radical (unpaired) electrons. The van der Waals surface area contributed by atoms with E-state index in [9.17, 15) is 0 Å². The summed E-state index contributed by atoms with van der Waals surface area (Å²) in [6, 6.07) is 10.4. The van der Waals surface area contributed by atoms with Gasteiger partial charge in [-0.05, 0) is 19.1 Å². The highest BCUT2D eigenvalue weighted by atomic mass is 32.2. The first-order chi connectivity index (χ1) is 6.33. The summed E-state index contributed by atoms with van der Waals surface area (Å²) in [5, 5.41) is 0. The third kappa shape index (κ3) is 4.05. The summed E-state index contributed by atoms with van der Waals surface area (Å²) in [5.74, 6) is 7.64. The second-order valence-corrected chi connectivity index (χ2v) is 4.01. The Morgan fingerprint density at radius 2 is 2.00 bits per heavy atom. The fourth-order valence-corrected chi connectivity index (χ4v) is 1.90. The van der Waals surface area contributed by atoms with Crippen molar-refractivity contribution >= 4 is 11.8 Å².